The van der Waals surface area contributed by atoms with E-state index >= 15 is 0 Å². The molecule has 2 amide bonds. The fraction of sp³-hybridized carbons (Fsp3) is 0.391. The van der Waals surface area contributed by atoms with Crippen LogP contribution in [0.2, 0.25) is 10.0 Å². The molecule has 0 radical (unpaired) electrons. The standard InChI is InChI=1S/C23H26Cl2N2O3/c1-16(23(29)26-19-7-3-4-8-19)27(14-17-6-2-5-9-21(17)25)22(28)15-30-20-12-10-18(24)11-13-20/h2,5-6,9-13,16,19H,3-4,7-8,14-15H2,1H3,(H,26,29). The number of carbonyl (C=O) groups is 2. The molecule has 1 unspecified atom stereocenters. The second-order valence-corrected chi connectivity index (χ2v) is 8.37. The molecule has 1 fully saturated rings. The summed E-state index contributed by atoms with van der Waals surface area (Å²) in [6.07, 6.45) is 4.21. The fourth-order valence-corrected chi connectivity index (χ4v) is 3.86. The second kappa shape index (κ2) is 10.7. The van der Waals surface area contributed by atoms with Crippen molar-refractivity contribution in [1.29, 1.82) is 0 Å². The minimum atomic E-state index is -0.650. The van der Waals surface area contributed by atoms with Crippen LogP contribution in [0, 0.1) is 0 Å². The monoisotopic (exact) mass is 448 g/mol. The lowest BCUT2D eigenvalue weighted by molar-refractivity contribution is -0.142. The molecule has 0 spiro atoms. The summed E-state index contributed by atoms with van der Waals surface area (Å²) in [7, 11) is 0. The van der Waals surface area contributed by atoms with E-state index in [-0.39, 0.29) is 31.0 Å². The van der Waals surface area contributed by atoms with Gasteiger partial charge in [0.15, 0.2) is 6.61 Å². The van der Waals surface area contributed by atoms with Gasteiger partial charge in [0.25, 0.3) is 5.91 Å². The Morgan fingerprint density at radius 1 is 1.10 bits per heavy atom. The predicted octanol–water partition coefficient (Wildman–Crippen LogP) is 4.85. The Morgan fingerprint density at radius 2 is 1.77 bits per heavy atom. The maximum Gasteiger partial charge on any atom is 0.261 e. The van der Waals surface area contributed by atoms with Crippen molar-refractivity contribution in [1.82, 2.24) is 10.2 Å². The van der Waals surface area contributed by atoms with E-state index in [1.54, 1.807) is 37.3 Å². The number of nitrogens with zero attached hydrogens (tertiary/aromatic N) is 1. The molecule has 0 aromatic heterocycles. The van der Waals surface area contributed by atoms with Crippen LogP contribution in [-0.4, -0.2) is 35.4 Å². The van der Waals surface area contributed by atoms with E-state index in [2.05, 4.69) is 5.32 Å². The van der Waals surface area contributed by atoms with E-state index in [1.807, 2.05) is 18.2 Å². The van der Waals surface area contributed by atoms with Gasteiger partial charge in [-0.25, -0.2) is 0 Å². The van der Waals surface area contributed by atoms with Crippen molar-refractivity contribution in [3.8, 4) is 5.75 Å². The van der Waals surface area contributed by atoms with Gasteiger partial charge in [0.1, 0.15) is 11.8 Å². The SMILES string of the molecule is CC(C(=O)NC1CCCC1)N(Cc1ccccc1Cl)C(=O)COc1ccc(Cl)cc1. The van der Waals surface area contributed by atoms with Crippen LogP contribution in [0.3, 0.4) is 0 Å². The highest BCUT2D eigenvalue weighted by Crippen LogP contribution is 2.21. The van der Waals surface area contributed by atoms with Crippen LogP contribution in [0.1, 0.15) is 38.2 Å². The van der Waals surface area contributed by atoms with Crippen LogP contribution in [0.25, 0.3) is 0 Å². The minimum absolute atomic E-state index is 0.159. The average Bonchev–Trinajstić information content (AvgIpc) is 3.25. The minimum Gasteiger partial charge on any atom is -0.484 e. The number of carbonyl (C=O) groups excluding carboxylic acids is 2. The molecule has 1 aliphatic rings. The lowest BCUT2D eigenvalue weighted by Gasteiger charge is -2.30. The van der Waals surface area contributed by atoms with Gasteiger partial charge in [0.05, 0.1) is 0 Å². The van der Waals surface area contributed by atoms with Gasteiger partial charge in [-0.05, 0) is 55.7 Å². The zero-order valence-electron chi connectivity index (χ0n) is 16.9. The lowest BCUT2D eigenvalue weighted by atomic mass is 10.1. The van der Waals surface area contributed by atoms with E-state index in [4.69, 9.17) is 27.9 Å². The number of benzene rings is 2. The van der Waals surface area contributed by atoms with Gasteiger partial charge in [-0.15, -0.1) is 0 Å². The van der Waals surface area contributed by atoms with Crippen LogP contribution < -0.4 is 10.1 Å². The molecule has 1 atom stereocenters. The third-order valence-electron chi connectivity index (χ3n) is 5.34. The van der Waals surface area contributed by atoms with Gasteiger partial charge < -0.3 is 15.0 Å². The van der Waals surface area contributed by atoms with E-state index in [0.717, 1.165) is 31.2 Å². The Balaban J connectivity index is 1.71. The largest absolute Gasteiger partial charge is 0.484 e. The molecule has 0 aliphatic heterocycles. The lowest BCUT2D eigenvalue weighted by Crippen LogP contribution is -2.50. The van der Waals surface area contributed by atoms with Crippen molar-refractivity contribution < 1.29 is 14.3 Å². The summed E-state index contributed by atoms with van der Waals surface area (Å²) < 4.78 is 5.62. The van der Waals surface area contributed by atoms with E-state index < -0.39 is 6.04 Å². The van der Waals surface area contributed by atoms with E-state index in [0.29, 0.717) is 15.8 Å². The molecule has 1 aliphatic carbocycles. The van der Waals surface area contributed by atoms with Gasteiger partial charge in [0, 0.05) is 22.6 Å². The van der Waals surface area contributed by atoms with Crippen molar-refractivity contribution in [3.63, 3.8) is 0 Å². The summed E-state index contributed by atoms with van der Waals surface area (Å²) in [5.41, 5.74) is 0.777. The molecule has 2 aromatic rings. The van der Waals surface area contributed by atoms with Gasteiger partial charge in [-0.2, -0.15) is 0 Å². The number of halogens is 2. The molecule has 1 N–H and O–H groups in total. The van der Waals surface area contributed by atoms with Crippen molar-refractivity contribution in [2.75, 3.05) is 6.61 Å². The van der Waals surface area contributed by atoms with Crippen molar-refractivity contribution in [2.24, 2.45) is 0 Å². The number of amides is 2. The van der Waals surface area contributed by atoms with Gasteiger partial charge in [-0.1, -0.05) is 54.2 Å². The first-order valence-electron chi connectivity index (χ1n) is 10.2. The maximum absolute atomic E-state index is 13.0. The maximum atomic E-state index is 13.0. The van der Waals surface area contributed by atoms with Crippen molar-refractivity contribution in [2.45, 2.75) is 51.2 Å². The van der Waals surface area contributed by atoms with Gasteiger partial charge >= 0.3 is 0 Å². The third-order valence-corrected chi connectivity index (χ3v) is 5.96. The topological polar surface area (TPSA) is 58.6 Å². The van der Waals surface area contributed by atoms with Crippen LogP contribution in [0.5, 0.6) is 5.75 Å². The first-order chi connectivity index (χ1) is 14.4. The Bertz CT molecular complexity index is 867. The summed E-state index contributed by atoms with van der Waals surface area (Å²) in [6, 6.07) is 13.6. The number of nitrogens with one attached hydrogen (secondary N) is 1. The van der Waals surface area contributed by atoms with Crippen LogP contribution in [-0.2, 0) is 16.1 Å². The summed E-state index contributed by atoms with van der Waals surface area (Å²) >= 11 is 12.2. The molecule has 30 heavy (non-hydrogen) atoms. The zero-order valence-corrected chi connectivity index (χ0v) is 18.5. The Morgan fingerprint density at radius 3 is 2.43 bits per heavy atom. The Labute approximate surface area is 187 Å². The molecule has 0 heterocycles. The van der Waals surface area contributed by atoms with E-state index in [9.17, 15) is 9.59 Å². The molecule has 1 saturated carbocycles. The van der Waals surface area contributed by atoms with Gasteiger partial charge in [-0.3, -0.25) is 9.59 Å². The Hall–Kier alpha value is -2.24. The highest BCUT2D eigenvalue weighted by molar-refractivity contribution is 6.31. The number of hydrogen-bond donors (Lipinski definition) is 1. The zero-order chi connectivity index (χ0) is 21.5. The molecule has 160 valence electrons. The van der Waals surface area contributed by atoms with Crippen molar-refractivity contribution >= 4 is 35.0 Å². The smallest absolute Gasteiger partial charge is 0.261 e. The summed E-state index contributed by atoms with van der Waals surface area (Å²) in [6.45, 7) is 1.77. The van der Waals surface area contributed by atoms with Crippen molar-refractivity contribution in [3.05, 3.63) is 64.1 Å². The predicted molar refractivity (Wildman–Crippen MR) is 119 cm³/mol. The molecular weight excluding hydrogens is 423 g/mol. The molecule has 0 saturated heterocycles. The van der Waals surface area contributed by atoms with Crippen LogP contribution in [0.4, 0.5) is 0 Å². The molecule has 2 aromatic carbocycles. The van der Waals surface area contributed by atoms with Gasteiger partial charge in [0.2, 0.25) is 5.91 Å². The Kier molecular flexibility index (Phi) is 8.00. The summed E-state index contributed by atoms with van der Waals surface area (Å²) in [5.74, 6) is 0.0845. The summed E-state index contributed by atoms with van der Waals surface area (Å²) in [4.78, 5) is 27.4. The second-order valence-electron chi connectivity index (χ2n) is 7.52. The molecule has 3 rings (SSSR count). The molecule has 7 heteroatoms. The van der Waals surface area contributed by atoms with E-state index in [1.165, 1.54) is 4.90 Å². The molecule has 5 nitrogen and oxygen atoms in total. The number of hydrogen-bond acceptors (Lipinski definition) is 3. The molecule has 0 bridgehead atoms. The van der Waals surface area contributed by atoms with Crippen LogP contribution >= 0.6 is 23.2 Å². The fourth-order valence-electron chi connectivity index (χ4n) is 3.54. The average molecular weight is 449 g/mol. The third kappa shape index (κ3) is 6.13. The highest BCUT2D eigenvalue weighted by atomic mass is 35.5. The number of ether oxygens (including phenoxy) is 1. The molecular formula is C23H26Cl2N2O3. The summed E-state index contributed by atoms with van der Waals surface area (Å²) in [5, 5.41) is 4.22. The van der Waals surface area contributed by atoms with Crippen LogP contribution in [0.15, 0.2) is 48.5 Å². The highest BCUT2D eigenvalue weighted by Gasteiger charge is 2.29. The first kappa shape index (κ1) is 22.4. The normalized spacial score (nSPS) is 14.9. The first-order valence-corrected chi connectivity index (χ1v) is 10.9. The number of rotatable bonds is 8. The quantitative estimate of drug-likeness (QED) is 0.627.